The van der Waals surface area contributed by atoms with Crippen molar-refractivity contribution < 1.29 is 19.1 Å². The molecule has 9 nitrogen and oxygen atoms in total. The minimum Gasteiger partial charge on any atom is -0.454 e. The van der Waals surface area contributed by atoms with E-state index in [1.807, 2.05) is 43.1 Å². The van der Waals surface area contributed by atoms with Gasteiger partial charge in [0.1, 0.15) is 11.9 Å². The van der Waals surface area contributed by atoms with Gasteiger partial charge in [-0.25, -0.2) is 9.97 Å². The predicted octanol–water partition coefficient (Wildman–Crippen LogP) is 3.52. The van der Waals surface area contributed by atoms with E-state index in [9.17, 15) is 9.59 Å². The Morgan fingerprint density at radius 1 is 1.08 bits per heavy atom. The normalized spacial score (nSPS) is 21.1. The van der Waals surface area contributed by atoms with E-state index in [1.54, 1.807) is 7.05 Å². The number of likely N-dealkylation sites (N-methyl/N-ethyl adjacent to an activating group) is 1. The van der Waals surface area contributed by atoms with Gasteiger partial charge in [0, 0.05) is 18.3 Å². The summed E-state index contributed by atoms with van der Waals surface area (Å²) in [5.41, 5.74) is 2.66. The molecule has 0 spiro atoms. The first-order chi connectivity index (χ1) is 18.0. The standard InChI is InChI=1S/C28H37N5O4/c1-17(29-3)27(34)32-25(19-8-5-4-6-9-19)28(35)33-13-7-10-22(33)26-21(15-30-18(2)31-26)20-11-12-23-24(14-20)37-16-36-23/h11-12,14-15,17,19,22,25,29H,4-10,13,16H2,1-3H3,(H,32,34). The van der Waals surface area contributed by atoms with Gasteiger partial charge in [0.05, 0.1) is 17.8 Å². The molecule has 2 N–H and O–H groups in total. The van der Waals surface area contributed by atoms with Crippen LogP contribution in [0.15, 0.2) is 24.4 Å². The van der Waals surface area contributed by atoms with E-state index in [0.29, 0.717) is 18.1 Å². The van der Waals surface area contributed by atoms with Crippen LogP contribution in [0.3, 0.4) is 0 Å². The lowest BCUT2D eigenvalue weighted by Gasteiger charge is -2.35. The Bertz CT molecular complexity index is 1150. The highest BCUT2D eigenvalue weighted by molar-refractivity contribution is 5.90. The zero-order chi connectivity index (χ0) is 25.9. The molecule has 0 bridgehead atoms. The van der Waals surface area contributed by atoms with E-state index >= 15 is 0 Å². The Labute approximate surface area is 218 Å². The molecule has 3 heterocycles. The molecule has 3 atom stereocenters. The Balaban J connectivity index is 1.46. The molecule has 2 amide bonds. The molecule has 1 aromatic heterocycles. The predicted molar refractivity (Wildman–Crippen MR) is 139 cm³/mol. The number of ether oxygens (including phenoxy) is 2. The lowest BCUT2D eigenvalue weighted by atomic mass is 9.83. The number of rotatable bonds is 7. The first-order valence-electron chi connectivity index (χ1n) is 13.5. The average molecular weight is 508 g/mol. The van der Waals surface area contributed by atoms with Gasteiger partial charge in [-0.15, -0.1) is 0 Å². The summed E-state index contributed by atoms with van der Waals surface area (Å²) in [5.74, 6) is 2.09. The van der Waals surface area contributed by atoms with E-state index in [2.05, 4.69) is 15.6 Å². The van der Waals surface area contributed by atoms with E-state index in [-0.39, 0.29) is 36.6 Å². The van der Waals surface area contributed by atoms with E-state index in [0.717, 1.165) is 61.1 Å². The number of nitrogens with one attached hydrogen (secondary N) is 2. The summed E-state index contributed by atoms with van der Waals surface area (Å²) < 4.78 is 11.1. The summed E-state index contributed by atoms with van der Waals surface area (Å²) in [6, 6.07) is 4.76. The van der Waals surface area contributed by atoms with Crippen LogP contribution in [0.2, 0.25) is 0 Å². The highest BCUT2D eigenvalue weighted by Gasteiger charge is 2.40. The fraction of sp³-hybridized carbons (Fsp3) is 0.571. The van der Waals surface area contributed by atoms with Crippen molar-refractivity contribution in [2.45, 2.75) is 76.9 Å². The second kappa shape index (κ2) is 11.0. The maximum absolute atomic E-state index is 14.2. The van der Waals surface area contributed by atoms with Gasteiger partial charge >= 0.3 is 0 Å². The summed E-state index contributed by atoms with van der Waals surface area (Å²) in [6.45, 7) is 4.55. The number of nitrogens with zero attached hydrogens (tertiary/aromatic N) is 3. The number of benzene rings is 1. The van der Waals surface area contributed by atoms with E-state index in [1.165, 1.54) is 6.42 Å². The van der Waals surface area contributed by atoms with Gasteiger partial charge in [0.2, 0.25) is 18.6 Å². The molecule has 1 aromatic carbocycles. The number of fused-ring (bicyclic) bond motifs is 1. The van der Waals surface area contributed by atoms with Crippen LogP contribution in [-0.4, -0.2) is 59.2 Å². The molecule has 2 aliphatic heterocycles. The smallest absolute Gasteiger partial charge is 0.246 e. The molecular formula is C28H37N5O4. The number of amides is 2. The van der Waals surface area contributed by atoms with Crippen molar-refractivity contribution in [3.05, 3.63) is 35.9 Å². The van der Waals surface area contributed by atoms with Crippen LogP contribution >= 0.6 is 0 Å². The zero-order valence-electron chi connectivity index (χ0n) is 22.0. The Hall–Kier alpha value is -3.20. The molecule has 37 heavy (non-hydrogen) atoms. The number of likely N-dealkylation sites (tertiary alicyclic amines) is 1. The lowest BCUT2D eigenvalue weighted by molar-refractivity contribution is -0.139. The van der Waals surface area contributed by atoms with Crippen LogP contribution in [0.5, 0.6) is 11.5 Å². The van der Waals surface area contributed by atoms with Crippen molar-refractivity contribution in [3.8, 4) is 22.6 Å². The first-order valence-corrected chi connectivity index (χ1v) is 13.5. The molecular weight excluding hydrogens is 470 g/mol. The largest absolute Gasteiger partial charge is 0.454 e. The topological polar surface area (TPSA) is 106 Å². The number of hydrogen-bond donors (Lipinski definition) is 2. The molecule has 2 fully saturated rings. The Morgan fingerprint density at radius 2 is 1.86 bits per heavy atom. The third kappa shape index (κ3) is 5.28. The van der Waals surface area contributed by atoms with Crippen LogP contribution in [0.1, 0.15) is 69.4 Å². The number of hydrogen-bond acceptors (Lipinski definition) is 7. The van der Waals surface area contributed by atoms with Gasteiger partial charge in [-0.1, -0.05) is 25.3 Å². The fourth-order valence-electron chi connectivity index (χ4n) is 5.78. The molecule has 9 heteroatoms. The quantitative estimate of drug-likeness (QED) is 0.591. The van der Waals surface area contributed by atoms with Gasteiger partial charge < -0.3 is 25.0 Å². The van der Waals surface area contributed by atoms with Crippen LogP contribution in [0.4, 0.5) is 0 Å². The molecule has 1 saturated carbocycles. The summed E-state index contributed by atoms with van der Waals surface area (Å²) in [6.07, 6.45) is 8.82. The van der Waals surface area contributed by atoms with Crippen molar-refractivity contribution in [2.75, 3.05) is 20.4 Å². The van der Waals surface area contributed by atoms with Crippen molar-refractivity contribution in [2.24, 2.45) is 5.92 Å². The van der Waals surface area contributed by atoms with Gasteiger partial charge in [0.15, 0.2) is 11.5 Å². The summed E-state index contributed by atoms with van der Waals surface area (Å²) >= 11 is 0. The van der Waals surface area contributed by atoms with Crippen LogP contribution in [0.25, 0.3) is 11.1 Å². The molecule has 0 radical (unpaired) electrons. The molecule has 198 valence electrons. The highest BCUT2D eigenvalue weighted by atomic mass is 16.7. The number of carbonyl (C=O) groups excluding carboxylic acids is 2. The Morgan fingerprint density at radius 3 is 2.65 bits per heavy atom. The third-order valence-corrected chi connectivity index (χ3v) is 7.99. The molecule has 1 saturated heterocycles. The fourth-order valence-corrected chi connectivity index (χ4v) is 5.78. The van der Waals surface area contributed by atoms with Gasteiger partial charge in [-0.2, -0.15) is 0 Å². The average Bonchev–Trinajstić information content (AvgIpc) is 3.60. The monoisotopic (exact) mass is 507 g/mol. The minimum absolute atomic E-state index is 0.000968. The van der Waals surface area contributed by atoms with Crippen LogP contribution < -0.4 is 20.1 Å². The van der Waals surface area contributed by atoms with Crippen molar-refractivity contribution in [1.29, 1.82) is 0 Å². The van der Waals surface area contributed by atoms with Gasteiger partial charge in [-0.05, 0) is 70.2 Å². The van der Waals surface area contributed by atoms with E-state index in [4.69, 9.17) is 14.5 Å². The van der Waals surface area contributed by atoms with Crippen molar-refractivity contribution in [1.82, 2.24) is 25.5 Å². The summed E-state index contributed by atoms with van der Waals surface area (Å²) in [4.78, 5) is 38.3. The minimum atomic E-state index is -0.527. The molecule has 3 aliphatic rings. The highest BCUT2D eigenvalue weighted by Crippen LogP contribution is 2.41. The van der Waals surface area contributed by atoms with Gasteiger partial charge in [-0.3, -0.25) is 9.59 Å². The molecule has 3 unspecified atom stereocenters. The van der Waals surface area contributed by atoms with E-state index < -0.39 is 6.04 Å². The first kappa shape index (κ1) is 25.4. The van der Waals surface area contributed by atoms with Crippen LogP contribution in [0, 0.1) is 12.8 Å². The second-order valence-electron chi connectivity index (χ2n) is 10.4. The second-order valence-corrected chi connectivity index (χ2v) is 10.4. The SMILES string of the molecule is CNC(C)C(=O)NC(C(=O)N1CCCC1c1nc(C)ncc1-c1ccc2c(c1)OCO2)C1CCCCC1. The zero-order valence-corrected chi connectivity index (χ0v) is 22.0. The lowest BCUT2D eigenvalue weighted by Crippen LogP contribution is -2.55. The molecule has 1 aliphatic carbocycles. The Kier molecular flexibility index (Phi) is 7.60. The molecule has 2 aromatic rings. The van der Waals surface area contributed by atoms with Crippen molar-refractivity contribution >= 4 is 11.8 Å². The van der Waals surface area contributed by atoms with Crippen LogP contribution in [-0.2, 0) is 9.59 Å². The third-order valence-electron chi connectivity index (χ3n) is 7.99. The van der Waals surface area contributed by atoms with Gasteiger partial charge in [0.25, 0.3) is 0 Å². The summed E-state index contributed by atoms with van der Waals surface area (Å²) in [7, 11) is 1.76. The number of aryl methyl sites for hydroxylation is 1. The number of carbonyl (C=O) groups is 2. The maximum Gasteiger partial charge on any atom is 0.246 e. The maximum atomic E-state index is 14.2. The molecule has 5 rings (SSSR count). The summed E-state index contributed by atoms with van der Waals surface area (Å²) in [5, 5.41) is 6.11. The van der Waals surface area contributed by atoms with Crippen molar-refractivity contribution in [3.63, 3.8) is 0 Å². The number of aromatic nitrogens is 2.